The lowest BCUT2D eigenvalue weighted by Gasteiger charge is -2.57. The molecule has 3 heteroatoms. The molecule has 1 aromatic rings. The molecule has 1 fully saturated rings. The van der Waals surface area contributed by atoms with Gasteiger partial charge in [-0.05, 0) is 62.7 Å². The fourth-order valence-electron chi connectivity index (χ4n) is 4.74. The minimum Gasteiger partial charge on any atom is -0.469 e. The van der Waals surface area contributed by atoms with Gasteiger partial charge in [0.15, 0.2) is 5.78 Å². The molecule has 0 amide bonds. The molecule has 1 N–H and O–H groups in total. The van der Waals surface area contributed by atoms with E-state index in [1.54, 1.807) is 6.26 Å². The van der Waals surface area contributed by atoms with E-state index in [2.05, 4.69) is 20.8 Å². The quantitative estimate of drug-likeness (QED) is 0.839. The molecule has 0 radical (unpaired) electrons. The first-order chi connectivity index (χ1) is 10.7. The Balaban J connectivity index is 2.10. The van der Waals surface area contributed by atoms with Crippen molar-refractivity contribution < 1.29 is 14.3 Å². The molecule has 3 nitrogen and oxygen atoms in total. The summed E-state index contributed by atoms with van der Waals surface area (Å²) in [6.07, 6.45) is 6.62. The highest BCUT2D eigenvalue weighted by atomic mass is 16.3. The molecule has 1 heterocycles. The summed E-state index contributed by atoms with van der Waals surface area (Å²) < 4.78 is 5.71. The topological polar surface area (TPSA) is 50.4 Å². The van der Waals surface area contributed by atoms with Gasteiger partial charge < -0.3 is 9.52 Å². The number of aryl methyl sites for hydroxylation is 1. The average molecular weight is 316 g/mol. The molecule has 1 aromatic heterocycles. The zero-order valence-electron chi connectivity index (χ0n) is 14.9. The van der Waals surface area contributed by atoms with E-state index in [0.29, 0.717) is 12.3 Å². The fourth-order valence-corrected chi connectivity index (χ4v) is 4.74. The molecular formula is C20H28O3. The normalized spacial score (nSPS) is 37.2. The molecule has 0 aliphatic heterocycles. The summed E-state index contributed by atoms with van der Waals surface area (Å²) >= 11 is 0. The highest BCUT2D eigenvalue weighted by molar-refractivity contribution is 5.97. The van der Waals surface area contributed by atoms with Crippen molar-refractivity contribution in [1.82, 2.24) is 0 Å². The molecule has 1 saturated carbocycles. The number of furan rings is 1. The molecule has 4 atom stereocenters. The van der Waals surface area contributed by atoms with Gasteiger partial charge in [-0.2, -0.15) is 0 Å². The van der Waals surface area contributed by atoms with Crippen LogP contribution in [-0.4, -0.2) is 16.5 Å². The molecule has 0 aromatic carbocycles. The summed E-state index contributed by atoms with van der Waals surface area (Å²) in [5.74, 6) is 1.01. The highest BCUT2D eigenvalue weighted by Gasteiger charge is 2.61. The van der Waals surface area contributed by atoms with E-state index in [0.717, 1.165) is 36.2 Å². The van der Waals surface area contributed by atoms with Gasteiger partial charge in [-0.1, -0.05) is 19.9 Å². The van der Waals surface area contributed by atoms with Crippen LogP contribution in [0.15, 0.2) is 22.3 Å². The second kappa shape index (κ2) is 5.34. The van der Waals surface area contributed by atoms with Crippen molar-refractivity contribution in [1.29, 1.82) is 0 Å². The highest BCUT2D eigenvalue weighted by Crippen LogP contribution is 2.57. The lowest BCUT2D eigenvalue weighted by molar-refractivity contribution is -0.181. The first kappa shape index (κ1) is 16.5. The third-order valence-electron chi connectivity index (χ3n) is 6.84. The van der Waals surface area contributed by atoms with E-state index in [9.17, 15) is 9.90 Å². The van der Waals surface area contributed by atoms with Crippen molar-refractivity contribution in [2.24, 2.45) is 17.3 Å². The van der Waals surface area contributed by atoms with Gasteiger partial charge in [0.25, 0.3) is 0 Å². The van der Waals surface area contributed by atoms with Gasteiger partial charge in [-0.3, -0.25) is 4.79 Å². The molecule has 0 spiro atoms. The van der Waals surface area contributed by atoms with Crippen LogP contribution in [0.3, 0.4) is 0 Å². The molecular weight excluding hydrogens is 288 g/mol. The molecule has 2 aliphatic carbocycles. The number of aliphatic hydroxyl groups is 1. The molecule has 126 valence electrons. The third-order valence-corrected chi connectivity index (χ3v) is 6.84. The number of Topliss-reactive ketones (excluding diaryl/α,β-unsaturated/α-hetero) is 1. The van der Waals surface area contributed by atoms with E-state index in [4.69, 9.17) is 4.42 Å². The second-order valence-corrected chi connectivity index (χ2v) is 7.88. The van der Waals surface area contributed by atoms with Crippen LogP contribution >= 0.6 is 0 Å². The second-order valence-electron chi connectivity index (χ2n) is 7.88. The van der Waals surface area contributed by atoms with Gasteiger partial charge in [-0.15, -0.1) is 0 Å². The van der Waals surface area contributed by atoms with Crippen LogP contribution in [0.4, 0.5) is 0 Å². The lowest BCUT2D eigenvalue weighted by Crippen LogP contribution is -2.64. The minimum atomic E-state index is -1.02. The van der Waals surface area contributed by atoms with Crippen LogP contribution in [0, 0.1) is 24.2 Å². The Morgan fingerprint density at radius 2 is 2.09 bits per heavy atom. The van der Waals surface area contributed by atoms with Crippen LogP contribution in [0.1, 0.15) is 57.4 Å². The van der Waals surface area contributed by atoms with Crippen LogP contribution in [0.2, 0.25) is 0 Å². The Kier molecular flexibility index (Phi) is 3.83. The molecule has 0 unspecified atom stereocenters. The number of allylic oxidation sites excluding steroid dienone is 2. The Morgan fingerprint density at radius 1 is 1.39 bits per heavy atom. The van der Waals surface area contributed by atoms with Gasteiger partial charge in [0.2, 0.25) is 0 Å². The Hall–Kier alpha value is -1.35. The standard InChI is InChI=1S/C20H28O3/c1-6-12(2)18(21)16-8-7-14(4)19(5)9-15-13(3)11-23-17(15)10-20(16,19)22/h6,11,14,16,22H,7-10H2,1-5H3/b12-6-/t14-,16-,19+,20+/m0/s1. The Labute approximate surface area is 138 Å². The number of hydrogen-bond acceptors (Lipinski definition) is 3. The van der Waals surface area contributed by atoms with E-state index in [1.165, 1.54) is 5.56 Å². The van der Waals surface area contributed by atoms with Gasteiger partial charge in [0.1, 0.15) is 5.76 Å². The number of carbonyl (C=O) groups excluding carboxylic acids is 1. The van der Waals surface area contributed by atoms with E-state index in [-0.39, 0.29) is 17.1 Å². The maximum atomic E-state index is 12.9. The van der Waals surface area contributed by atoms with E-state index >= 15 is 0 Å². The lowest BCUT2D eigenvalue weighted by atomic mass is 9.49. The number of carbonyl (C=O) groups is 1. The van der Waals surface area contributed by atoms with Crippen molar-refractivity contribution in [2.45, 2.75) is 65.9 Å². The van der Waals surface area contributed by atoms with Crippen molar-refractivity contribution in [3.8, 4) is 0 Å². The summed E-state index contributed by atoms with van der Waals surface area (Å²) in [7, 11) is 0. The molecule has 23 heavy (non-hydrogen) atoms. The summed E-state index contributed by atoms with van der Waals surface area (Å²) in [5.41, 5.74) is 1.83. The van der Waals surface area contributed by atoms with Crippen LogP contribution in [0.25, 0.3) is 0 Å². The van der Waals surface area contributed by atoms with Gasteiger partial charge in [0, 0.05) is 11.8 Å². The summed E-state index contributed by atoms with van der Waals surface area (Å²) in [6.45, 7) is 10.2. The van der Waals surface area contributed by atoms with Crippen LogP contribution < -0.4 is 0 Å². The van der Waals surface area contributed by atoms with E-state index < -0.39 is 5.60 Å². The van der Waals surface area contributed by atoms with Crippen LogP contribution in [-0.2, 0) is 17.6 Å². The number of fused-ring (bicyclic) bond motifs is 2. The van der Waals surface area contributed by atoms with Crippen molar-refractivity contribution in [2.75, 3.05) is 0 Å². The fraction of sp³-hybridized carbons (Fsp3) is 0.650. The third kappa shape index (κ3) is 2.16. The first-order valence-electron chi connectivity index (χ1n) is 8.70. The predicted octanol–water partition coefficient (Wildman–Crippen LogP) is 4.01. The summed E-state index contributed by atoms with van der Waals surface area (Å²) in [5, 5.41) is 11.7. The largest absolute Gasteiger partial charge is 0.469 e. The minimum absolute atomic E-state index is 0.0971. The first-order valence-corrected chi connectivity index (χ1v) is 8.70. The zero-order valence-corrected chi connectivity index (χ0v) is 14.9. The zero-order chi connectivity index (χ0) is 17.0. The van der Waals surface area contributed by atoms with Crippen molar-refractivity contribution in [3.63, 3.8) is 0 Å². The maximum absolute atomic E-state index is 12.9. The van der Waals surface area contributed by atoms with Crippen LogP contribution in [0.5, 0.6) is 0 Å². The summed E-state index contributed by atoms with van der Waals surface area (Å²) in [4.78, 5) is 12.9. The Morgan fingerprint density at radius 3 is 2.74 bits per heavy atom. The predicted molar refractivity (Wildman–Crippen MR) is 90.2 cm³/mol. The van der Waals surface area contributed by atoms with Gasteiger partial charge >= 0.3 is 0 Å². The van der Waals surface area contributed by atoms with E-state index in [1.807, 2.05) is 19.9 Å². The van der Waals surface area contributed by atoms with Gasteiger partial charge in [0.05, 0.1) is 17.8 Å². The molecule has 0 bridgehead atoms. The monoisotopic (exact) mass is 316 g/mol. The average Bonchev–Trinajstić information content (AvgIpc) is 2.85. The Bertz CT molecular complexity index is 668. The maximum Gasteiger partial charge on any atom is 0.164 e. The van der Waals surface area contributed by atoms with Crippen molar-refractivity contribution >= 4 is 5.78 Å². The van der Waals surface area contributed by atoms with Gasteiger partial charge in [-0.25, -0.2) is 0 Å². The number of rotatable bonds is 2. The number of hydrogen-bond donors (Lipinski definition) is 1. The molecule has 0 saturated heterocycles. The molecule has 3 rings (SSSR count). The summed E-state index contributed by atoms with van der Waals surface area (Å²) in [6, 6.07) is 0. The van der Waals surface area contributed by atoms with Crippen molar-refractivity contribution in [3.05, 3.63) is 34.8 Å². The molecule has 2 aliphatic rings. The number of ketones is 1. The SMILES string of the molecule is C/C=C(/C)C(=O)[C@@H]1CC[C@H](C)[C@@]2(C)Cc3c(C)coc3C[C@@]12O. The smallest absolute Gasteiger partial charge is 0.164 e.